The number of hydroxylamine groups is 1. The molecule has 13 heavy (non-hydrogen) atoms. The van der Waals surface area contributed by atoms with Gasteiger partial charge in [0.15, 0.2) is 5.75 Å². The van der Waals surface area contributed by atoms with Crippen molar-refractivity contribution in [1.82, 2.24) is 5.48 Å². The molecule has 0 saturated heterocycles. The molecule has 3 nitrogen and oxygen atoms in total. The highest BCUT2D eigenvalue weighted by Crippen LogP contribution is 2.20. The molecule has 0 saturated carbocycles. The van der Waals surface area contributed by atoms with Crippen LogP contribution in [0.2, 0.25) is 0 Å². The molecule has 0 aliphatic rings. The molecule has 1 aromatic rings. The zero-order valence-corrected chi connectivity index (χ0v) is 9.01. The summed E-state index contributed by atoms with van der Waals surface area (Å²) in [6.45, 7) is 3.34. The molecular formula is C9H10BrNO2. The average molecular weight is 244 g/mol. The lowest BCUT2D eigenvalue weighted by Crippen LogP contribution is -2.23. The van der Waals surface area contributed by atoms with E-state index in [1.165, 1.54) is 6.92 Å². The fourth-order valence-electron chi connectivity index (χ4n) is 0.811. The largest absolute Gasteiger partial charge is 0.380 e. The van der Waals surface area contributed by atoms with Gasteiger partial charge >= 0.3 is 0 Å². The normalized spacial score (nSPS) is 9.46. The second kappa shape index (κ2) is 4.28. The Morgan fingerprint density at radius 3 is 2.77 bits per heavy atom. The highest BCUT2D eigenvalue weighted by Gasteiger charge is 1.98. The van der Waals surface area contributed by atoms with Crippen LogP contribution in [0.15, 0.2) is 22.7 Å². The number of carbonyl (C=O) groups is 1. The van der Waals surface area contributed by atoms with Crippen molar-refractivity contribution in [3.05, 3.63) is 28.2 Å². The van der Waals surface area contributed by atoms with Crippen LogP contribution >= 0.6 is 15.9 Å². The molecule has 0 fully saturated rings. The predicted octanol–water partition coefficient (Wildman–Crippen LogP) is 2.19. The summed E-state index contributed by atoms with van der Waals surface area (Å²) in [5, 5.41) is 0. The molecule has 70 valence electrons. The Morgan fingerprint density at radius 2 is 2.23 bits per heavy atom. The van der Waals surface area contributed by atoms with Crippen molar-refractivity contribution in [3.8, 4) is 5.75 Å². The number of aryl methyl sites for hydroxylation is 1. The first-order chi connectivity index (χ1) is 6.09. The Balaban J connectivity index is 2.68. The van der Waals surface area contributed by atoms with Crippen molar-refractivity contribution in [2.75, 3.05) is 0 Å². The Morgan fingerprint density at radius 1 is 1.54 bits per heavy atom. The van der Waals surface area contributed by atoms with Gasteiger partial charge in [-0.15, -0.1) is 0 Å². The van der Waals surface area contributed by atoms with Gasteiger partial charge in [-0.3, -0.25) is 4.79 Å². The van der Waals surface area contributed by atoms with Crippen LogP contribution in [0.3, 0.4) is 0 Å². The minimum Gasteiger partial charge on any atom is -0.380 e. The van der Waals surface area contributed by atoms with Crippen LogP contribution in [0.4, 0.5) is 0 Å². The Kier molecular flexibility index (Phi) is 3.31. The molecule has 0 aliphatic heterocycles. The molecule has 1 rings (SSSR count). The number of nitrogens with one attached hydrogen (secondary N) is 1. The SMILES string of the molecule is CC(=O)NOc1ccc(Br)c(C)c1. The Bertz CT molecular complexity index is 325. The van der Waals surface area contributed by atoms with Crippen molar-refractivity contribution >= 4 is 21.8 Å². The molecule has 0 aromatic heterocycles. The fraction of sp³-hybridized carbons (Fsp3) is 0.222. The van der Waals surface area contributed by atoms with Crippen LogP contribution in [-0.2, 0) is 4.79 Å². The van der Waals surface area contributed by atoms with Gasteiger partial charge in [0, 0.05) is 11.4 Å². The van der Waals surface area contributed by atoms with Gasteiger partial charge in [-0.05, 0) is 30.7 Å². The van der Waals surface area contributed by atoms with E-state index in [-0.39, 0.29) is 5.91 Å². The summed E-state index contributed by atoms with van der Waals surface area (Å²) in [6.07, 6.45) is 0. The maximum atomic E-state index is 10.5. The molecule has 0 spiro atoms. The summed E-state index contributed by atoms with van der Waals surface area (Å²) in [5.41, 5.74) is 3.31. The van der Waals surface area contributed by atoms with Crippen LogP contribution in [0.25, 0.3) is 0 Å². The lowest BCUT2D eigenvalue weighted by atomic mass is 10.2. The summed E-state index contributed by atoms with van der Waals surface area (Å²) in [7, 11) is 0. The number of hydrogen-bond donors (Lipinski definition) is 1. The molecule has 4 heteroatoms. The lowest BCUT2D eigenvalue weighted by Gasteiger charge is -2.05. The summed E-state index contributed by atoms with van der Waals surface area (Å²) < 4.78 is 1.02. The third-order valence-corrected chi connectivity index (χ3v) is 2.33. The predicted molar refractivity (Wildman–Crippen MR) is 53.3 cm³/mol. The second-order valence-corrected chi connectivity index (χ2v) is 3.53. The average Bonchev–Trinajstić information content (AvgIpc) is 2.07. The molecule has 1 aromatic carbocycles. The van der Waals surface area contributed by atoms with Gasteiger partial charge < -0.3 is 4.84 Å². The highest BCUT2D eigenvalue weighted by atomic mass is 79.9. The molecule has 0 unspecified atom stereocenters. The third-order valence-electron chi connectivity index (χ3n) is 1.44. The van der Waals surface area contributed by atoms with Gasteiger partial charge in [-0.2, -0.15) is 5.48 Å². The van der Waals surface area contributed by atoms with Crippen molar-refractivity contribution in [3.63, 3.8) is 0 Å². The van der Waals surface area contributed by atoms with E-state index < -0.39 is 0 Å². The second-order valence-electron chi connectivity index (χ2n) is 2.67. The molecule has 0 bridgehead atoms. The van der Waals surface area contributed by atoms with E-state index in [9.17, 15) is 4.79 Å². The number of hydrogen-bond acceptors (Lipinski definition) is 2. The molecule has 1 N–H and O–H groups in total. The minimum atomic E-state index is -0.222. The topological polar surface area (TPSA) is 38.3 Å². The first-order valence-corrected chi connectivity index (χ1v) is 4.58. The molecular weight excluding hydrogens is 234 g/mol. The number of amides is 1. The van der Waals surface area contributed by atoms with E-state index in [4.69, 9.17) is 4.84 Å². The van der Waals surface area contributed by atoms with Gasteiger partial charge in [-0.25, -0.2) is 0 Å². The van der Waals surface area contributed by atoms with Gasteiger partial charge in [-0.1, -0.05) is 15.9 Å². The quantitative estimate of drug-likeness (QED) is 0.810. The fourth-order valence-corrected chi connectivity index (χ4v) is 1.06. The minimum absolute atomic E-state index is 0.222. The first kappa shape index (κ1) is 10.1. The number of benzene rings is 1. The van der Waals surface area contributed by atoms with E-state index in [1.807, 2.05) is 19.1 Å². The Hall–Kier alpha value is -1.03. The first-order valence-electron chi connectivity index (χ1n) is 3.79. The molecule has 0 radical (unpaired) electrons. The molecule has 0 aliphatic carbocycles. The van der Waals surface area contributed by atoms with Gasteiger partial charge in [0.05, 0.1) is 0 Å². The van der Waals surface area contributed by atoms with Crippen molar-refractivity contribution in [2.24, 2.45) is 0 Å². The van der Waals surface area contributed by atoms with E-state index in [0.29, 0.717) is 5.75 Å². The smallest absolute Gasteiger partial charge is 0.249 e. The summed E-state index contributed by atoms with van der Waals surface area (Å²) in [4.78, 5) is 15.5. The number of halogens is 1. The summed E-state index contributed by atoms with van der Waals surface area (Å²) >= 11 is 3.37. The standard InChI is InChI=1S/C9H10BrNO2/c1-6-5-8(3-4-9(6)10)13-11-7(2)12/h3-5H,1-2H3,(H,11,12). The molecule has 0 heterocycles. The number of carbonyl (C=O) groups excluding carboxylic acids is 1. The maximum Gasteiger partial charge on any atom is 0.249 e. The van der Waals surface area contributed by atoms with Crippen LogP contribution < -0.4 is 10.3 Å². The zero-order valence-electron chi connectivity index (χ0n) is 7.43. The third kappa shape index (κ3) is 3.06. The monoisotopic (exact) mass is 243 g/mol. The highest BCUT2D eigenvalue weighted by molar-refractivity contribution is 9.10. The van der Waals surface area contributed by atoms with E-state index in [0.717, 1.165) is 10.0 Å². The summed E-state index contributed by atoms with van der Waals surface area (Å²) in [6, 6.07) is 5.47. The van der Waals surface area contributed by atoms with Crippen LogP contribution in [0.1, 0.15) is 12.5 Å². The van der Waals surface area contributed by atoms with E-state index in [2.05, 4.69) is 21.4 Å². The van der Waals surface area contributed by atoms with E-state index in [1.54, 1.807) is 6.07 Å². The van der Waals surface area contributed by atoms with Gasteiger partial charge in [0.25, 0.3) is 0 Å². The van der Waals surface area contributed by atoms with Crippen LogP contribution in [0.5, 0.6) is 5.75 Å². The lowest BCUT2D eigenvalue weighted by molar-refractivity contribution is -0.125. The van der Waals surface area contributed by atoms with Gasteiger partial charge in [0.2, 0.25) is 5.91 Å². The van der Waals surface area contributed by atoms with Crippen molar-refractivity contribution in [1.29, 1.82) is 0 Å². The summed E-state index contributed by atoms with van der Waals surface area (Å²) in [5.74, 6) is 0.400. The van der Waals surface area contributed by atoms with Crippen molar-refractivity contribution in [2.45, 2.75) is 13.8 Å². The maximum absolute atomic E-state index is 10.5. The van der Waals surface area contributed by atoms with Crippen LogP contribution in [-0.4, -0.2) is 5.91 Å². The van der Waals surface area contributed by atoms with E-state index >= 15 is 0 Å². The van der Waals surface area contributed by atoms with Crippen LogP contribution in [0, 0.1) is 6.92 Å². The van der Waals surface area contributed by atoms with Crippen molar-refractivity contribution < 1.29 is 9.63 Å². The molecule has 1 amide bonds. The number of rotatable bonds is 2. The zero-order chi connectivity index (χ0) is 9.84. The Labute approximate surface area is 85.2 Å². The van der Waals surface area contributed by atoms with Gasteiger partial charge in [0.1, 0.15) is 0 Å². The molecule has 0 atom stereocenters.